The predicted octanol–water partition coefficient (Wildman–Crippen LogP) is 1.33. The molecular formula is C12H17N3O4. The van der Waals surface area contributed by atoms with Crippen molar-refractivity contribution in [3.8, 4) is 0 Å². The van der Waals surface area contributed by atoms with E-state index in [-0.39, 0.29) is 17.3 Å². The van der Waals surface area contributed by atoms with E-state index in [1.807, 2.05) is 6.92 Å². The molecule has 0 heterocycles. The van der Waals surface area contributed by atoms with Gasteiger partial charge in [-0.25, -0.2) is 0 Å². The number of nitrogens with zero attached hydrogens (tertiary/aromatic N) is 1. The summed E-state index contributed by atoms with van der Waals surface area (Å²) in [7, 11) is 0. The monoisotopic (exact) mass is 267 g/mol. The third-order valence-electron chi connectivity index (χ3n) is 2.44. The Morgan fingerprint density at radius 3 is 2.84 bits per heavy atom. The molecule has 1 rings (SSSR count). The van der Waals surface area contributed by atoms with Crippen molar-refractivity contribution in [3.05, 3.63) is 33.9 Å². The average Bonchev–Trinajstić information content (AvgIpc) is 2.37. The van der Waals surface area contributed by atoms with Crippen LogP contribution in [0.4, 0.5) is 11.4 Å². The van der Waals surface area contributed by atoms with Crippen molar-refractivity contribution in [3.63, 3.8) is 0 Å². The number of hydrogen-bond acceptors (Lipinski definition) is 5. The zero-order valence-electron chi connectivity index (χ0n) is 10.7. The summed E-state index contributed by atoms with van der Waals surface area (Å²) in [6.07, 6.45) is 0.710. The van der Waals surface area contributed by atoms with Crippen LogP contribution in [-0.2, 0) is 4.74 Å². The molecule has 1 aromatic carbocycles. The van der Waals surface area contributed by atoms with Gasteiger partial charge in [0.05, 0.1) is 4.92 Å². The lowest BCUT2D eigenvalue weighted by Crippen LogP contribution is -2.25. The van der Waals surface area contributed by atoms with E-state index in [1.54, 1.807) is 0 Å². The third kappa shape index (κ3) is 4.55. The summed E-state index contributed by atoms with van der Waals surface area (Å²) >= 11 is 0. The molecule has 0 unspecified atom stereocenters. The van der Waals surface area contributed by atoms with Crippen LogP contribution >= 0.6 is 0 Å². The fourth-order valence-corrected chi connectivity index (χ4v) is 1.48. The van der Waals surface area contributed by atoms with E-state index in [9.17, 15) is 14.9 Å². The maximum Gasteiger partial charge on any atom is 0.292 e. The van der Waals surface area contributed by atoms with E-state index < -0.39 is 4.92 Å². The molecule has 0 aliphatic heterocycles. The summed E-state index contributed by atoms with van der Waals surface area (Å²) in [5.74, 6) is -0.307. The van der Waals surface area contributed by atoms with E-state index >= 15 is 0 Å². The molecule has 0 aliphatic rings. The molecule has 0 aliphatic carbocycles. The van der Waals surface area contributed by atoms with Gasteiger partial charge in [-0.05, 0) is 25.5 Å². The highest BCUT2D eigenvalue weighted by Crippen LogP contribution is 2.21. The molecule has 7 nitrogen and oxygen atoms in total. The van der Waals surface area contributed by atoms with Crippen LogP contribution in [0.3, 0.4) is 0 Å². The Labute approximate surface area is 110 Å². The largest absolute Gasteiger partial charge is 0.393 e. The van der Waals surface area contributed by atoms with Gasteiger partial charge in [0.1, 0.15) is 5.69 Å². The van der Waals surface area contributed by atoms with Gasteiger partial charge in [0.15, 0.2) is 0 Å². The number of amides is 1. The zero-order chi connectivity index (χ0) is 14.3. The summed E-state index contributed by atoms with van der Waals surface area (Å²) in [5.41, 5.74) is 5.60. The molecule has 104 valence electrons. The SMILES string of the molecule is CCOCCCNC(=O)c1ccc([N+](=O)[O-])c(N)c1. The molecule has 1 aromatic rings. The number of nitrogens with one attached hydrogen (secondary N) is 1. The van der Waals surface area contributed by atoms with Gasteiger partial charge in [-0.1, -0.05) is 0 Å². The summed E-state index contributed by atoms with van der Waals surface area (Å²) < 4.78 is 5.14. The number of nitro benzene ring substituents is 1. The van der Waals surface area contributed by atoms with E-state index in [0.717, 1.165) is 0 Å². The number of rotatable bonds is 7. The van der Waals surface area contributed by atoms with Crippen LogP contribution in [0.5, 0.6) is 0 Å². The van der Waals surface area contributed by atoms with E-state index in [1.165, 1.54) is 18.2 Å². The Kier molecular flexibility index (Phi) is 5.74. The number of ether oxygens (including phenoxy) is 1. The second kappa shape index (κ2) is 7.32. The topological polar surface area (TPSA) is 107 Å². The van der Waals surface area contributed by atoms with Gasteiger partial charge < -0.3 is 15.8 Å². The maximum atomic E-state index is 11.7. The third-order valence-corrected chi connectivity index (χ3v) is 2.44. The molecule has 3 N–H and O–H groups in total. The summed E-state index contributed by atoms with van der Waals surface area (Å²) in [6.45, 7) is 3.61. The number of hydrogen-bond donors (Lipinski definition) is 2. The standard InChI is InChI=1S/C12H17N3O4/c1-2-19-7-3-6-14-12(16)9-4-5-11(15(17)18)10(13)8-9/h4-5,8H,2-3,6-7,13H2,1H3,(H,14,16). The van der Waals surface area contributed by atoms with E-state index in [2.05, 4.69) is 5.32 Å². The summed E-state index contributed by atoms with van der Waals surface area (Å²) in [4.78, 5) is 21.7. The normalized spacial score (nSPS) is 10.2. The van der Waals surface area contributed by atoms with Crippen molar-refractivity contribution in [1.82, 2.24) is 5.32 Å². The van der Waals surface area contributed by atoms with Crippen molar-refractivity contribution in [2.45, 2.75) is 13.3 Å². The smallest absolute Gasteiger partial charge is 0.292 e. The Balaban J connectivity index is 2.53. The van der Waals surface area contributed by atoms with Gasteiger partial charge in [-0.3, -0.25) is 14.9 Å². The van der Waals surface area contributed by atoms with Crippen LogP contribution in [0.25, 0.3) is 0 Å². The molecule has 0 fully saturated rings. The highest BCUT2D eigenvalue weighted by molar-refractivity contribution is 5.95. The molecule has 0 bridgehead atoms. The lowest BCUT2D eigenvalue weighted by molar-refractivity contribution is -0.383. The highest BCUT2D eigenvalue weighted by atomic mass is 16.6. The number of nitrogens with two attached hydrogens (primary N) is 1. The number of carbonyl (C=O) groups excluding carboxylic acids is 1. The minimum absolute atomic E-state index is 0.0213. The summed E-state index contributed by atoms with van der Waals surface area (Å²) in [6, 6.07) is 3.91. The van der Waals surface area contributed by atoms with Gasteiger partial charge in [0.25, 0.3) is 11.6 Å². The van der Waals surface area contributed by atoms with E-state index in [4.69, 9.17) is 10.5 Å². The van der Waals surface area contributed by atoms with Crippen LogP contribution in [0.1, 0.15) is 23.7 Å². The van der Waals surface area contributed by atoms with Crippen LogP contribution in [0.15, 0.2) is 18.2 Å². The predicted molar refractivity (Wildman–Crippen MR) is 71.0 cm³/mol. The molecule has 0 saturated heterocycles. The second-order valence-electron chi connectivity index (χ2n) is 3.84. The molecule has 0 saturated carbocycles. The minimum Gasteiger partial charge on any atom is -0.393 e. The van der Waals surface area contributed by atoms with Crippen LogP contribution in [0, 0.1) is 10.1 Å². The van der Waals surface area contributed by atoms with Gasteiger partial charge in [0.2, 0.25) is 0 Å². The molecule has 0 atom stereocenters. The molecular weight excluding hydrogens is 250 g/mol. The molecule has 0 aromatic heterocycles. The summed E-state index contributed by atoms with van der Waals surface area (Å²) in [5, 5.41) is 13.3. The first kappa shape index (κ1) is 14.9. The molecule has 7 heteroatoms. The second-order valence-corrected chi connectivity index (χ2v) is 3.84. The Hall–Kier alpha value is -2.15. The number of carbonyl (C=O) groups is 1. The van der Waals surface area contributed by atoms with Gasteiger partial charge in [-0.2, -0.15) is 0 Å². The van der Waals surface area contributed by atoms with Crippen LogP contribution < -0.4 is 11.1 Å². The quantitative estimate of drug-likeness (QED) is 0.335. The van der Waals surface area contributed by atoms with Crippen LogP contribution in [0.2, 0.25) is 0 Å². The average molecular weight is 267 g/mol. The maximum absolute atomic E-state index is 11.7. The zero-order valence-corrected chi connectivity index (χ0v) is 10.7. The number of nitrogen functional groups attached to an aromatic ring is 1. The number of benzene rings is 1. The first-order chi connectivity index (χ1) is 9.06. The first-order valence-corrected chi connectivity index (χ1v) is 5.96. The Morgan fingerprint density at radius 1 is 1.53 bits per heavy atom. The van der Waals surface area contributed by atoms with Gasteiger partial charge in [-0.15, -0.1) is 0 Å². The minimum atomic E-state index is -0.584. The van der Waals surface area contributed by atoms with E-state index in [0.29, 0.717) is 31.7 Å². The van der Waals surface area contributed by atoms with Crippen LogP contribution in [-0.4, -0.2) is 30.6 Å². The van der Waals surface area contributed by atoms with Crippen molar-refractivity contribution in [2.75, 3.05) is 25.5 Å². The molecule has 1 amide bonds. The number of anilines is 1. The Bertz CT molecular complexity index is 462. The molecule has 0 spiro atoms. The van der Waals surface area contributed by atoms with Crippen molar-refractivity contribution >= 4 is 17.3 Å². The number of nitro groups is 1. The van der Waals surface area contributed by atoms with Gasteiger partial charge >= 0.3 is 0 Å². The fourth-order valence-electron chi connectivity index (χ4n) is 1.48. The lowest BCUT2D eigenvalue weighted by atomic mass is 10.1. The van der Waals surface area contributed by atoms with Crippen molar-refractivity contribution < 1.29 is 14.5 Å². The van der Waals surface area contributed by atoms with Gasteiger partial charge in [0, 0.05) is 31.4 Å². The fraction of sp³-hybridized carbons (Fsp3) is 0.417. The van der Waals surface area contributed by atoms with Crippen molar-refractivity contribution in [1.29, 1.82) is 0 Å². The molecule has 19 heavy (non-hydrogen) atoms. The molecule has 0 radical (unpaired) electrons. The lowest BCUT2D eigenvalue weighted by Gasteiger charge is -2.06. The Morgan fingerprint density at radius 2 is 2.26 bits per heavy atom. The highest BCUT2D eigenvalue weighted by Gasteiger charge is 2.14. The van der Waals surface area contributed by atoms with Crippen molar-refractivity contribution in [2.24, 2.45) is 0 Å². The first-order valence-electron chi connectivity index (χ1n) is 5.96.